The highest BCUT2D eigenvalue weighted by Crippen LogP contribution is 2.31. The Balaban J connectivity index is 1.89. The van der Waals surface area contributed by atoms with Crippen molar-refractivity contribution < 1.29 is 19.4 Å². The molecule has 2 heterocycles. The van der Waals surface area contributed by atoms with Gasteiger partial charge >= 0.3 is 5.97 Å². The normalized spacial score (nSPS) is 21.5. The summed E-state index contributed by atoms with van der Waals surface area (Å²) in [6.45, 7) is 1.24. The Morgan fingerprint density at radius 2 is 2.21 bits per heavy atom. The maximum absolute atomic E-state index is 12.3. The van der Waals surface area contributed by atoms with Crippen LogP contribution in [0.3, 0.4) is 0 Å². The molecule has 100 valence electrons. The van der Waals surface area contributed by atoms with Gasteiger partial charge in [-0.2, -0.15) is 0 Å². The second kappa shape index (κ2) is 4.66. The molecule has 5 heteroatoms. The Kier molecular flexibility index (Phi) is 2.98. The van der Waals surface area contributed by atoms with Crippen molar-refractivity contribution in [1.82, 2.24) is 0 Å². The van der Waals surface area contributed by atoms with Crippen LogP contribution < -0.4 is 4.90 Å². The van der Waals surface area contributed by atoms with E-state index in [1.807, 2.05) is 0 Å². The van der Waals surface area contributed by atoms with Gasteiger partial charge in [-0.25, -0.2) is 4.79 Å². The molecule has 19 heavy (non-hydrogen) atoms. The maximum atomic E-state index is 12.3. The average Bonchev–Trinajstić information content (AvgIpc) is 3.06. The molecule has 3 rings (SSSR count). The third kappa shape index (κ3) is 2.10. The number of hydrogen-bond acceptors (Lipinski definition) is 3. The fourth-order valence-corrected chi connectivity index (χ4v) is 2.69. The Morgan fingerprint density at radius 3 is 2.89 bits per heavy atom. The Hall–Kier alpha value is -1.88. The number of carboxylic acids is 1. The molecule has 0 radical (unpaired) electrons. The minimum absolute atomic E-state index is 0.0428. The van der Waals surface area contributed by atoms with E-state index in [1.54, 1.807) is 23.1 Å². The van der Waals surface area contributed by atoms with E-state index in [-0.39, 0.29) is 17.6 Å². The molecule has 0 saturated carbocycles. The lowest BCUT2D eigenvalue weighted by molar-refractivity contribution is -0.127. The summed E-state index contributed by atoms with van der Waals surface area (Å²) in [7, 11) is 0. The van der Waals surface area contributed by atoms with Crippen LogP contribution in [-0.4, -0.2) is 36.2 Å². The topological polar surface area (TPSA) is 66.8 Å². The third-order valence-electron chi connectivity index (χ3n) is 3.70. The minimum atomic E-state index is -0.973. The van der Waals surface area contributed by atoms with Gasteiger partial charge in [-0.05, 0) is 37.0 Å². The summed E-state index contributed by atoms with van der Waals surface area (Å²) in [5.74, 6) is -1.02. The Morgan fingerprint density at radius 1 is 1.37 bits per heavy atom. The average molecular weight is 261 g/mol. The lowest BCUT2D eigenvalue weighted by Crippen LogP contribution is -2.37. The first-order valence-electron chi connectivity index (χ1n) is 6.46. The Bertz CT molecular complexity index is 534. The van der Waals surface area contributed by atoms with Crippen LogP contribution in [-0.2, 0) is 16.0 Å². The van der Waals surface area contributed by atoms with Gasteiger partial charge in [-0.15, -0.1) is 0 Å². The molecular weight excluding hydrogens is 246 g/mol. The van der Waals surface area contributed by atoms with Crippen LogP contribution in [0.25, 0.3) is 0 Å². The van der Waals surface area contributed by atoms with Gasteiger partial charge in [0.1, 0.15) is 6.10 Å². The lowest BCUT2D eigenvalue weighted by Gasteiger charge is -2.21. The van der Waals surface area contributed by atoms with Gasteiger partial charge in [0.15, 0.2) is 0 Å². The van der Waals surface area contributed by atoms with E-state index in [1.165, 1.54) is 0 Å². The van der Waals surface area contributed by atoms with Crippen LogP contribution in [0.4, 0.5) is 5.69 Å². The van der Waals surface area contributed by atoms with E-state index in [9.17, 15) is 9.59 Å². The second-order valence-corrected chi connectivity index (χ2v) is 4.89. The molecule has 2 aliphatic rings. The van der Waals surface area contributed by atoms with E-state index in [0.717, 1.165) is 30.5 Å². The van der Waals surface area contributed by atoms with E-state index < -0.39 is 5.97 Å². The number of ether oxygens (including phenoxy) is 1. The van der Waals surface area contributed by atoms with E-state index >= 15 is 0 Å². The monoisotopic (exact) mass is 261 g/mol. The quantitative estimate of drug-likeness (QED) is 0.875. The largest absolute Gasteiger partial charge is 0.478 e. The highest BCUT2D eigenvalue weighted by Gasteiger charge is 2.32. The number of carboxylic acid groups (broad SMARTS) is 1. The van der Waals surface area contributed by atoms with Crippen LogP contribution in [0.15, 0.2) is 18.2 Å². The molecule has 5 nitrogen and oxygen atoms in total. The molecule has 0 aliphatic carbocycles. The summed E-state index contributed by atoms with van der Waals surface area (Å²) in [6.07, 6.45) is 2.07. The van der Waals surface area contributed by atoms with Crippen LogP contribution >= 0.6 is 0 Å². The third-order valence-corrected chi connectivity index (χ3v) is 3.70. The number of carbonyl (C=O) groups excluding carboxylic acids is 1. The number of anilines is 1. The van der Waals surface area contributed by atoms with Crippen LogP contribution in [0.2, 0.25) is 0 Å². The fourth-order valence-electron chi connectivity index (χ4n) is 2.69. The number of carbonyl (C=O) groups is 2. The molecule has 0 unspecified atom stereocenters. The zero-order valence-corrected chi connectivity index (χ0v) is 10.5. The molecule has 1 atom stereocenters. The molecule has 1 N–H and O–H groups in total. The van der Waals surface area contributed by atoms with Crippen molar-refractivity contribution in [3.63, 3.8) is 0 Å². The van der Waals surface area contributed by atoms with Crippen LogP contribution in [0.1, 0.15) is 28.8 Å². The summed E-state index contributed by atoms with van der Waals surface area (Å²) in [5, 5.41) is 9.02. The molecular formula is C14H15NO4. The van der Waals surface area contributed by atoms with Crippen molar-refractivity contribution in [1.29, 1.82) is 0 Å². The first-order valence-corrected chi connectivity index (χ1v) is 6.46. The number of amides is 1. The van der Waals surface area contributed by atoms with Gasteiger partial charge in [-0.1, -0.05) is 6.07 Å². The van der Waals surface area contributed by atoms with Crippen molar-refractivity contribution in [3.05, 3.63) is 29.3 Å². The maximum Gasteiger partial charge on any atom is 0.335 e. The molecule has 1 fully saturated rings. The minimum Gasteiger partial charge on any atom is -0.478 e. The number of hydrogen-bond donors (Lipinski definition) is 1. The van der Waals surface area contributed by atoms with Gasteiger partial charge in [0, 0.05) is 18.8 Å². The Labute approximate surface area is 110 Å². The summed E-state index contributed by atoms with van der Waals surface area (Å²) < 4.78 is 5.41. The second-order valence-electron chi connectivity index (χ2n) is 4.89. The predicted octanol–water partition coefficient (Wildman–Crippen LogP) is 1.45. The summed E-state index contributed by atoms with van der Waals surface area (Å²) in [6, 6.07) is 4.96. The number of aromatic carboxylic acids is 1. The van der Waals surface area contributed by atoms with Crippen LogP contribution in [0, 0.1) is 0 Å². The molecule has 2 aliphatic heterocycles. The number of benzene rings is 1. The highest BCUT2D eigenvalue weighted by molar-refractivity contribution is 6.00. The van der Waals surface area contributed by atoms with Crippen molar-refractivity contribution in [3.8, 4) is 0 Å². The summed E-state index contributed by atoms with van der Waals surface area (Å²) >= 11 is 0. The van der Waals surface area contributed by atoms with Gasteiger partial charge in [0.05, 0.1) is 5.56 Å². The van der Waals surface area contributed by atoms with Gasteiger partial charge in [0.2, 0.25) is 0 Å². The smallest absolute Gasteiger partial charge is 0.335 e. The summed E-state index contributed by atoms with van der Waals surface area (Å²) in [4.78, 5) is 25.0. The molecule has 1 aromatic carbocycles. The van der Waals surface area contributed by atoms with Crippen molar-refractivity contribution in [2.24, 2.45) is 0 Å². The zero-order valence-electron chi connectivity index (χ0n) is 10.5. The molecule has 0 aromatic heterocycles. The van der Waals surface area contributed by atoms with Crippen LogP contribution in [0.5, 0.6) is 0 Å². The standard InChI is InChI=1S/C14H15NO4/c16-13(12-2-1-7-19-12)15-6-5-9-3-4-10(14(17)18)8-11(9)15/h3-4,8,12H,1-2,5-7H2,(H,17,18)/t12-/m0/s1. The first-order chi connectivity index (χ1) is 9.16. The lowest BCUT2D eigenvalue weighted by atomic mass is 10.1. The molecule has 0 bridgehead atoms. The van der Waals surface area contributed by atoms with Gasteiger partial charge in [0.25, 0.3) is 5.91 Å². The number of nitrogens with zero attached hydrogens (tertiary/aromatic N) is 1. The first kappa shape index (κ1) is 12.2. The zero-order chi connectivity index (χ0) is 13.4. The fraction of sp³-hybridized carbons (Fsp3) is 0.429. The van der Waals surface area contributed by atoms with E-state index in [2.05, 4.69) is 0 Å². The van der Waals surface area contributed by atoms with Gasteiger partial charge < -0.3 is 14.7 Å². The number of rotatable bonds is 2. The molecule has 1 aromatic rings. The molecule has 1 saturated heterocycles. The van der Waals surface area contributed by atoms with E-state index in [0.29, 0.717) is 13.2 Å². The van der Waals surface area contributed by atoms with Crippen molar-refractivity contribution >= 4 is 17.6 Å². The number of fused-ring (bicyclic) bond motifs is 1. The van der Waals surface area contributed by atoms with Crippen molar-refractivity contribution in [2.75, 3.05) is 18.1 Å². The SMILES string of the molecule is O=C(O)c1ccc2c(c1)N(C(=O)[C@@H]1CCCO1)CC2. The summed E-state index contributed by atoms with van der Waals surface area (Å²) in [5.41, 5.74) is 1.96. The van der Waals surface area contributed by atoms with E-state index in [4.69, 9.17) is 9.84 Å². The predicted molar refractivity (Wildman–Crippen MR) is 68.4 cm³/mol. The highest BCUT2D eigenvalue weighted by atomic mass is 16.5. The molecule has 1 amide bonds. The molecule has 0 spiro atoms. The van der Waals surface area contributed by atoms with Crippen molar-refractivity contribution in [2.45, 2.75) is 25.4 Å². The van der Waals surface area contributed by atoms with Gasteiger partial charge in [-0.3, -0.25) is 4.79 Å².